The summed E-state index contributed by atoms with van der Waals surface area (Å²) in [5, 5.41) is 0. The molecule has 0 radical (unpaired) electrons. The zero-order chi connectivity index (χ0) is 68.6. The molecular weight excluding hydrogens is 1150 g/mol. The third-order valence-electron chi connectivity index (χ3n) is 26.0. The molecule has 0 amide bonds. The Balaban J connectivity index is 1.63. The van der Waals surface area contributed by atoms with Gasteiger partial charge in [0.1, 0.15) is 33.6 Å². The number of esters is 6. The summed E-state index contributed by atoms with van der Waals surface area (Å²) in [4.78, 5) is 97.3. The molecule has 6 saturated carbocycles. The Bertz CT molecular complexity index is 2450. The van der Waals surface area contributed by atoms with Gasteiger partial charge in [-0.15, -0.1) is 0 Å². The maximum Gasteiger partial charge on any atom is 0.312 e. The van der Waals surface area contributed by atoms with Crippen LogP contribution in [0.4, 0.5) is 0 Å². The van der Waals surface area contributed by atoms with Gasteiger partial charge in [-0.2, -0.15) is 0 Å². The summed E-state index contributed by atoms with van der Waals surface area (Å²) < 4.78 is 42.5. The van der Waals surface area contributed by atoms with Gasteiger partial charge >= 0.3 is 35.8 Å². The highest BCUT2D eigenvalue weighted by molar-refractivity contribution is 5.86. The van der Waals surface area contributed by atoms with Crippen molar-refractivity contribution < 1.29 is 57.2 Å². The van der Waals surface area contributed by atoms with Gasteiger partial charge in [0, 0.05) is 0 Å². The van der Waals surface area contributed by atoms with Gasteiger partial charge in [0.25, 0.3) is 0 Å². The second kappa shape index (κ2) is 30.7. The lowest BCUT2D eigenvalue weighted by Crippen LogP contribution is -2.55. The smallest absolute Gasteiger partial charge is 0.312 e. The quantitative estimate of drug-likeness (QED) is 0.0516. The number of hydrogen-bond donors (Lipinski definition) is 0. The summed E-state index contributed by atoms with van der Waals surface area (Å²) in [6.07, 6.45) is 25.6. The van der Waals surface area contributed by atoms with Gasteiger partial charge in [-0.3, -0.25) is 28.8 Å². The van der Waals surface area contributed by atoms with E-state index in [4.69, 9.17) is 28.4 Å². The molecular formula is C80H138O12. The molecule has 0 saturated heterocycles. The van der Waals surface area contributed by atoms with E-state index in [-0.39, 0.29) is 79.6 Å². The Labute approximate surface area is 561 Å². The normalized spacial score (nSPS) is 24.8. The Morgan fingerprint density at radius 2 is 0.402 bits per heavy atom. The van der Waals surface area contributed by atoms with E-state index in [9.17, 15) is 0 Å². The lowest BCUT2D eigenvalue weighted by molar-refractivity contribution is -0.201. The first kappa shape index (κ1) is 77.8. The highest BCUT2D eigenvalue weighted by atomic mass is 16.6. The molecule has 0 N–H and O–H groups in total. The van der Waals surface area contributed by atoms with Crippen molar-refractivity contribution in [3.63, 3.8) is 0 Å². The van der Waals surface area contributed by atoms with Crippen LogP contribution >= 0.6 is 0 Å². The summed E-state index contributed by atoms with van der Waals surface area (Å²) in [6, 6.07) is 0. The minimum absolute atomic E-state index is 0.00181. The molecule has 0 aromatic carbocycles. The summed E-state index contributed by atoms with van der Waals surface area (Å²) in [6.45, 7) is 40.7. The zero-order valence-electron chi connectivity index (χ0n) is 62.8. The van der Waals surface area contributed by atoms with E-state index < -0.39 is 90.0 Å². The van der Waals surface area contributed by atoms with Crippen LogP contribution < -0.4 is 0 Å². The molecule has 12 nitrogen and oxygen atoms in total. The van der Waals surface area contributed by atoms with Crippen molar-refractivity contribution in [2.45, 2.75) is 403 Å². The number of rotatable bonds is 29. The Morgan fingerprint density at radius 3 is 0.576 bits per heavy atom. The van der Waals surface area contributed by atoms with Crippen molar-refractivity contribution in [3.05, 3.63) is 0 Å². The van der Waals surface area contributed by atoms with Crippen molar-refractivity contribution in [2.75, 3.05) is 0 Å². The summed E-state index contributed by atoms with van der Waals surface area (Å²) in [5.41, 5.74) is -13.5. The SMILES string of the molecule is CCC(C)(CC(C)(CC(C)(CC(C)(CC(C)(CC(C)(C)C(=O)OC1(C(C)C)CCCCC1)C(=O)OC1(C(C)C)CCCCC1)C(=O)OC1(C(C)C)CCCCC1)C(=O)OC1(C(C)C)CCCCC1)C(=O)OC1(C(C)C)CCCCC1)C(=O)OC1(C(C)C)CCCCC1. The summed E-state index contributed by atoms with van der Waals surface area (Å²) in [5.74, 6) is -2.77. The molecule has 6 rings (SSSR count). The second-order valence-electron chi connectivity index (χ2n) is 35.9. The van der Waals surface area contributed by atoms with E-state index in [1.54, 1.807) is 0 Å². The molecule has 92 heavy (non-hydrogen) atoms. The van der Waals surface area contributed by atoms with Gasteiger partial charge in [-0.25, -0.2) is 0 Å². The molecule has 5 atom stereocenters. The summed E-state index contributed by atoms with van der Waals surface area (Å²) in [7, 11) is 0. The van der Waals surface area contributed by atoms with Gasteiger partial charge in [-0.05, 0) is 277 Å². The lowest BCUT2D eigenvalue weighted by Gasteiger charge is -2.50. The average Bonchev–Trinajstić information content (AvgIpc) is 0.840. The van der Waals surface area contributed by atoms with Crippen molar-refractivity contribution in [1.82, 2.24) is 0 Å². The van der Waals surface area contributed by atoms with Crippen molar-refractivity contribution in [2.24, 2.45) is 68.0 Å². The van der Waals surface area contributed by atoms with Gasteiger partial charge in [0.05, 0.1) is 32.5 Å². The maximum atomic E-state index is 16.8. The fourth-order valence-electron chi connectivity index (χ4n) is 19.2. The number of carbonyl (C=O) groups is 6. The van der Waals surface area contributed by atoms with E-state index in [1.807, 2.05) is 55.4 Å². The van der Waals surface area contributed by atoms with E-state index in [1.165, 1.54) is 0 Å². The van der Waals surface area contributed by atoms with Crippen LogP contribution in [-0.4, -0.2) is 69.4 Å². The van der Waals surface area contributed by atoms with Gasteiger partial charge in [0.2, 0.25) is 0 Å². The molecule has 6 fully saturated rings. The topological polar surface area (TPSA) is 158 Å². The van der Waals surface area contributed by atoms with E-state index in [0.29, 0.717) is 57.8 Å². The molecule has 0 aromatic rings. The van der Waals surface area contributed by atoms with Crippen LogP contribution in [0.5, 0.6) is 0 Å². The first-order valence-electron chi connectivity index (χ1n) is 38.2. The highest BCUT2D eigenvalue weighted by Gasteiger charge is 2.61. The molecule has 0 heterocycles. The van der Waals surface area contributed by atoms with Crippen LogP contribution in [0.15, 0.2) is 0 Å². The Morgan fingerprint density at radius 1 is 0.250 bits per heavy atom. The number of hydrogen-bond acceptors (Lipinski definition) is 12. The molecule has 5 unspecified atom stereocenters. The molecule has 6 aliphatic carbocycles. The Kier molecular flexibility index (Phi) is 26.0. The fraction of sp³-hybridized carbons (Fsp3) is 0.925. The van der Waals surface area contributed by atoms with Gasteiger partial charge in [0.15, 0.2) is 0 Å². The number of carbonyl (C=O) groups excluding carboxylic acids is 6. The molecule has 0 aromatic heterocycles. The van der Waals surface area contributed by atoms with Crippen LogP contribution in [0.1, 0.15) is 370 Å². The largest absolute Gasteiger partial charge is 0.458 e. The monoisotopic (exact) mass is 1290 g/mol. The van der Waals surface area contributed by atoms with Crippen LogP contribution in [0.3, 0.4) is 0 Å². The van der Waals surface area contributed by atoms with Crippen molar-refractivity contribution >= 4 is 35.8 Å². The van der Waals surface area contributed by atoms with Crippen LogP contribution in [0.2, 0.25) is 0 Å². The number of ether oxygens (including phenoxy) is 6. The fourth-order valence-corrected chi connectivity index (χ4v) is 19.2. The van der Waals surface area contributed by atoms with E-state index in [0.717, 1.165) is 141 Å². The molecule has 0 spiro atoms. The molecule has 530 valence electrons. The predicted molar refractivity (Wildman–Crippen MR) is 368 cm³/mol. The first-order chi connectivity index (χ1) is 42.8. The highest BCUT2D eigenvalue weighted by Crippen LogP contribution is 2.58. The third kappa shape index (κ3) is 17.4. The predicted octanol–water partition coefficient (Wildman–Crippen LogP) is 20.8. The van der Waals surface area contributed by atoms with E-state index in [2.05, 4.69) is 83.1 Å². The van der Waals surface area contributed by atoms with Crippen molar-refractivity contribution in [3.8, 4) is 0 Å². The molecule has 6 aliphatic rings. The van der Waals surface area contributed by atoms with E-state index >= 15 is 28.8 Å². The maximum absolute atomic E-state index is 16.8. The summed E-state index contributed by atoms with van der Waals surface area (Å²) >= 11 is 0. The minimum atomic E-state index is -1.68. The Hall–Kier alpha value is -3.18. The molecule has 12 heteroatoms. The van der Waals surface area contributed by atoms with Crippen LogP contribution in [0, 0.1) is 68.0 Å². The van der Waals surface area contributed by atoms with Crippen LogP contribution in [0.25, 0.3) is 0 Å². The second-order valence-corrected chi connectivity index (χ2v) is 35.9. The minimum Gasteiger partial charge on any atom is -0.458 e. The third-order valence-corrected chi connectivity index (χ3v) is 26.0. The standard InChI is InChI=1S/C80H138O12/c1-21-70(16,64(82)88-76(58(4)5)42-30-23-31-43-76)53-72(18,66(84)90-78(60(8)9)46-34-25-35-47-78)55-74(20,68(86)92-80(62(12)13)50-38-27-39-51-80)56-73(19,67(85)91-79(61(10)11)48-36-26-37-49-79)54-71(17,65(83)89-77(59(6)7)44-32-24-33-45-77)52-69(14,15)63(81)87-75(57(2)3)40-28-22-29-41-75/h57-62H,21-56H2,1-20H3. The average molecular weight is 1290 g/mol. The van der Waals surface area contributed by atoms with Crippen LogP contribution in [-0.2, 0) is 57.2 Å². The van der Waals surface area contributed by atoms with Gasteiger partial charge in [-0.1, -0.05) is 129 Å². The van der Waals surface area contributed by atoms with Gasteiger partial charge < -0.3 is 28.4 Å². The van der Waals surface area contributed by atoms with Crippen molar-refractivity contribution in [1.29, 1.82) is 0 Å². The first-order valence-corrected chi connectivity index (χ1v) is 38.2. The lowest BCUT2D eigenvalue weighted by atomic mass is 9.58. The molecule has 0 bridgehead atoms. The zero-order valence-corrected chi connectivity index (χ0v) is 62.8. The molecule has 0 aliphatic heterocycles.